The van der Waals surface area contributed by atoms with Crippen LogP contribution in [0.4, 0.5) is 5.69 Å². The van der Waals surface area contributed by atoms with Crippen LogP contribution in [0.2, 0.25) is 5.02 Å². The number of benzene rings is 2. The van der Waals surface area contributed by atoms with E-state index >= 15 is 0 Å². The molecular weight excluding hydrogens is 350 g/mol. The molecule has 0 unspecified atom stereocenters. The molecule has 1 aromatic heterocycles. The van der Waals surface area contributed by atoms with Crippen molar-refractivity contribution in [2.24, 2.45) is 0 Å². The van der Waals surface area contributed by atoms with E-state index < -0.39 is 0 Å². The first kappa shape index (κ1) is 16.8. The zero-order valence-electron chi connectivity index (χ0n) is 14.1. The number of halogens is 1. The standard InChI is InChI=1S/C20H18ClN3O2/c21-18-4-2-1-3-15(18)7-10-19-22-20(23-26-19)16-5-8-17(9-6-16)24-11-13-25-14-12-24/h1-10H,11-14H2. The monoisotopic (exact) mass is 367 g/mol. The first-order valence-corrected chi connectivity index (χ1v) is 8.87. The molecule has 0 spiro atoms. The topological polar surface area (TPSA) is 51.4 Å². The van der Waals surface area contributed by atoms with Gasteiger partial charge in [0.15, 0.2) is 0 Å². The summed E-state index contributed by atoms with van der Waals surface area (Å²) < 4.78 is 10.7. The summed E-state index contributed by atoms with van der Waals surface area (Å²) in [6.45, 7) is 3.37. The van der Waals surface area contributed by atoms with E-state index in [2.05, 4.69) is 27.2 Å². The second-order valence-electron chi connectivity index (χ2n) is 5.96. The van der Waals surface area contributed by atoms with E-state index in [1.165, 1.54) is 5.69 Å². The lowest BCUT2D eigenvalue weighted by Gasteiger charge is -2.28. The minimum atomic E-state index is 0.442. The predicted molar refractivity (Wildman–Crippen MR) is 103 cm³/mol. The molecule has 3 aromatic rings. The highest BCUT2D eigenvalue weighted by atomic mass is 35.5. The summed E-state index contributed by atoms with van der Waals surface area (Å²) in [6.07, 6.45) is 3.63. The normalized spacial score (nSPS) is 14.9. The van der Waals surface area contributed by atoms with Crippen LogP contribution in [0, 0.1) is 0 Å². The maximum atomic E-state index is 6.14. The van der Waals surface area contributed by atoms with Crippen molar-refractivity contribution in [1.82, 2.24) is 10.1 Å². The van der Waals surface area contributed by atoms with Gasteiger partial charge < -0.3 is 14.2 Å². The highest BCUT2D eigenvalue weighted by Crippen LogP contribution is 2.23. The molecule has 0 amide bonds. The van der Waals surface area contributed by atoms with Gasteiger partial charge in [-0.05, 0) is 42.0 Å². The number of rotatable bonds is 4. The molecular formula is C20H18ClN3O2. The number of nitrogens with zero attached hydrogens (tertiary/aromatic N) is 3. The van der Waals surface area contributed by atoms with Crippen LogP contribution in [-0.4, -0.2) is 36.4 Å². The number of hydrogen-bond donors (Lipinski definition) is 0. The Morgan fingerprint density at radius 1 is 0.962 bits per heavy atom. The molecule has 0 bridgehead atoms. The Balaban J connectivity index is 1.48. The summed E-state index contributed by atoms with van der Waals surface area (Å²) >= 11 is 6.14. The molecule has 6 heteroatoms. The van der Waals surface area contributed by atoms with E-state index in [1.807, 2.05) is 42.5 Å². The van der Waals surface area contributed by atoms with Gasteiger partial charge in [0, 0.05) is 35.4 Å². The van der Waals surface area contributed by atoms with Gasteiger partial charge in [0.25, 0.3) is 5.89 Å². The zero-order chi connectivity index (χ0) is 17.8. The maximum Gasteiger partial charge on any atom is 0.250 e. The molecule has 1 aliphatic heterocycles. The van der Waals surface area contributed by atoms with Crippen molar-refractivity contribution < 1.29 is 9.26 Å². The molecule has 0 radical (unpaired) electrons. The van der Waals surface area contributed by atoms with E-state index in [-0.39, 0.29) is 0 Å². The Morgan fingerprint density at radius 2 is 1.73 bits per heavy atom. The Morgan fingerprint density at radius 3 is 2.50 bits per heavy atom. The molecule has 5 nitrogen and oxygen atoms in total. The van der Waals surface area contributed by atoms with Crippen LogP contribution in [-0.2, 0) is 4.74 Å². The summed E-state index contributed by atoms with van der Waals surface area (Å²) in [4.78, 5) is 6.73. The summed E-state index contributed by atoms with van der Waals surface area (Å²) in [5.74, 6) is 1.01. The van der Waals surface area contributed by atoms with Crippen LogP contribution >= 0.6 is 11.6 Å². The molecule has 0 aliphatic carbocycles. The van der Waals surface area contributed by atoms with Crippen molar-refractivity contribution in [1.29, 1.82) is 0 Å². The van der Waals surface area contributed by atoms with Crippen molar-refractivity contribution in [2.75, 3.05) is 31.2 Å². The van der Waals surface area contributed by atoms with Gasteiger partial charge in [-0.1, -0.05) is 35.0 Å². The average Bonchev–Trinajstić information content (AvgIpc) is 3.17. The van der Waals surface area contributed by atoms with Crippen LogP contribution in [0.1, 0.15) is 11.5 Å². The molecule has 2 heterocycles. The van der Waals surface area contributed by atoms with Crippen LogP contribution in [0.25, 0.3) is 23.5 Å². The molecule has 0 atom stereocenters. The van der Waals surface area contributed by atoms with Gasteiger partial charge >= 0.3 is 0 Å². The third-order valence-electron chi connectivity index (χ3n) is 4.25. The quantitative estimate of drug-likeness (QED) is 0.684. The van der Waals surface area contributed by atoms with E-state index in [0.717, 1.165) is 37.4 Å². The molecule has 0 saturated carbocycles. The number of aromatic nitrogens is 2. The maximum absolute atomic E-state index is 6.14. The fraction of sp³-hybridized carbons (Fsp3) is 0.200. The molecule has 1 fully saturated rings. The minimum Gasteiger partial charge on any atom is -0.378 e. The third-order valence-corrected chi connectivity index (χ3v) is 4.60. The van der Waals surface area contributed by atoms with Crippen LogP contribution in [0.15, 0.2) is 53.1 Å². The molecule has 4 rings (SSSR count). The predicted octanol–water partition coefficient (Wildman–Crippen LogP) is 4.40. The van der Waals surface area contributed by atoms with Crippen molar-refractivity contribution in [3.05, 3.63) is 65.0 Å². The number of anilines is 1. The van der Waals surface area contributed by atoms with Gasteiger partial charge in [-0.15, -0.1) is 0 Å². The Hall–Kier alpha value is -2.63. The van der Waals surface area contributed by atoms with Gasteiger partial charge in [-0.3, -0.25) is 0 Å². The Kier molecular flexibility index (Phi) is 5.00. The van der Waals surface area contributed by atoms with E-state index in [9.17, 15) is 0 Å². The van der Waals surface area contributed by atoms with Gasteiger partial charge in [0.2, 0.25) is 5.82 Å². The van der Waals surface area contributed by atoms with E-state index in [0.29, 0.717) is 16.7 Å². The first-order valence-electron chi connectivity index (χ1n) is 8.49. The second-order valence-corrected chi connectivity index (χ2v) is 6.36. The van der Waals surface area contributed by atoms with E-state index in [1.54, 1.807) is 6.08 Å². The van der Waals surface area contributed by atoms with Crippen molar-refractivity contribution in [3.63, 3.8) is 0 Å². The van der Waals surface area contributed by atoms with Crippen LogP contribution < -0.4 is 4.90 Å². The van der Waals surface area contributed by atoms with Gasteiger partial charge in [0.1, 0.15) is 0 Å². The Labute approximate surface area is 156 Å². The SMILES string of the molecule is Clc1ccccc1C=Cc1nc(-c2ccc(N3CCOCC3)cc2)no1. The van der Waals surface area contributed by atoms with E-state index in [4.69, 9.17) is 20.9 Å². The lowest BCUT2D eigenvalue weighted by atomic mass is 10.2. The van der Waals surface area contributed by atoms with Crippen molar-refractivity contribution >= 4 is 29.4 Å². The lowest BCUT2D eigenvalue weighted by molar-refractivity contribution is 0.122. The molecule has 2 aromatic carbocycles. The number of ether oxygens (including phenoxy) is 1. The van der Waals surface area contributed by atoms with Crippen molar-refractivity contribution in [2.45, 2.75) is 0 Å². The average molecular weight is 368 g/mol. The summed E-state index contributed by atoms with van der Waals surface area (Å²) in [5, 5.41) is 4.74. The summed E-state index contributed by atoms with van der Waals surface area (Å²) in [6, 6.07) is 15.8. The highest BCUT2D eigenvalue weighted by molar-refractivity contribution is 6.32. The van der Waals surface area contributed by atoms with Crippen LogP contribution in [0.3, 0.4) is 0 Å². The highest BCUT2D eigenvalue weighted by Gasteiger charge is 2.12. The smallest absolute Gasteiger partial charge is 0.250 e. The molecule has 26 heavy (non-hydrogen) atoms. The second kappa shape index (κ2) is 7.72. The Bertz CT molecular complexity index is 899. The fourth-order valence-electron chi connectivity index (χ4n) is 2.83. The third kappa shape index (κ3) is 3.79. The lowest BCUT2D eigenvalue weighted by Crippen LogP contribution is -2.36. The largest absolute Gasteiger partial charge is 0.378 e. The molecule has 132 valence electrons. The van der Waals surface area contributed by atoms with Gasteiger partial charge in [0.05, 0.1) is 13.2 Å². The molecule has 1 aliphatic rings. The van der Waals surface area contributed by atoms with Gasteiger partial charge in [-0.2, -0.15) is 4.98 Å². The van der Waals surface area contributed by atoms with Crippen LogP contribution in [0.5, 0.6) is 0 Å². The number of morpholine rings is 1. The molecule has 1 saturated heterocycles. The summed E-state index contributed by atoms with van der Waals surface area (Å²) in [5.41, 5.74) is 3.01. The number of hydrogen-bond acceptors (Lipinski definition) is 5. The summed E-state index contributed by atoms with van der Waals surface area (Å²) in [7, 11) is 0. The van der Waals surface area contributed by atoms with Gasteiger partial charge in [-0.25, -0.2) is 0 Å². The molecule has 0 N–H and O–H groups in total. The fourth-order valence-corrected chi connectivity index (χ4v) is 3.03. The van der Waals surface area contributed by atoms with Crippen molar-refractivity contribution in [3.8, 4) is 11.4 Å². The zero-order valence-corrected chi connectivity index (χ0v) is 14.9. The first-order chi connectivity index (χ1) is 12.8. The minimum absolute atomic E-state index is 0.442.